The van der Waals surface area contributed by atoms with Gasteiger partial charge in [0.1, 0.15) is 6.54 Å². The summed E-state index contributed by atoms with van der Waals surface area (Å²) in [6.07, 6.45) is 9.61. The number of carbonyl (C=O) groups excluding carboxylic acids is 1. The lowest BCUT2D eigenvalue weighted by Crippen LogP contribution is -2.32. The van der Waals surface area contributed by atoms with Gasteiger partial charge in [-0.3, -0.25) is 14.3 Å². The Morgan fingerprint density at radius 2 is 1.96 bits per heavy atom. The molecule has 1 N–H and O–H groups in total. The molecular weight excluding hydrogens is 352 g/mol. The number of hydrogen-bond acceptors (Lipinski definition) is 3. The Hall–Kier alpha value is -3.15. The van der Waals surface area contributed by atoms with Crippen molar-refractivity contribution in [3.05, 3.63) is 70.7 Å². The highest BCUT2D eigenvalue weighted by molar-refractivity contribution is 5.80. The van der Waals surface area contributed by atoms with Crippen LogP contribution in [0.5, 0.6) is 0 Å². The van der Waals surface area contributed by atoms with E-state index >= 15 is 0 Å². The van der Waals surface area contributed by atoms with Crippen molar-refractivity contribution < 1.29 is 4.79 Å². The van der Waals surface area contributed by atoms with Crippen molar-refractivity contribution in [2.75, 3.05) is 6.54 Å². The maximum atomic E-state index is 12.9. The maximum absolute atomic E-state index is 12.9. The number of allylic oxidation sites excluding steroid dienone is 1. The van der Waals surface area contributed by atoms with Gasteiger partial charge in [-0.25, -0.2) is 9.67 Å². The lowest BCUT2D eigenvalue weighted by Gasteiger charge is -2.14. The van der Waals surface area contributed by atoms with Gasteiger partial charge < -0.3 is 5.32 Å². The van der Waals surface area contributed by atoms with Crippen LogP contribution < -0.4 is 10.9 Å². The number of amides is 1. The number of carbonyl (C=O) groups is 1. The van der Waals surface area contributed by atoms with Gasteiger partial charge in [-0.05, 0) is 56.4 Å². The van der Waals surface area contributed by atoms with Crippen molar-refractivity contribution in [2.45, 2.75) is 38.6 Å². The number of hydrogen-bond donors (Lipinski definition) is 1. The third-order valence-corrected chi connectivity index (χ3v) is 5.14. The molecule has 1 aliphatic carbocycles. The van der Waals surface area contributed by atoms with Gasteiger partial charge >= 0.3 is 0 Å². The number of nitrogens with zero attached hydrogens (tertiary/aromatic N) is 3. The lowest BCUT2D eigenvalue weighted by molar-refractivity contribution is -0.121. The van der Waals surface area contributed by atoms with Gasteiger partial charge in [0.05, 0.1) is 11.1 Å². The summed E-state index contributed by atoms with van der Waals surface area (Å²) in [5.41, 5.74) is 2.49. The van der Waals surface area contributed by atoms with Gasteiger partial charge in [-0.2, -0.15) is 0 Å². The molecule has 0 fully saturated rings. The Labute approximate surface area is 163 Å². The van der Waals surface area contributed by atoms with Crippen LogP contribution in [0.1, 0.15) is 32.1 Å². The molecule has 0 unspecified atom stereocenters. The molecule has 28 heavy (non-hydrogen) atoms. The van der Waals surface area contributed by atoms with Gasteiger partial charge in [-0.15, -0.1) is 0 Å². The SMILES string of the molecule is O=C(Cn1c2ncccc2c(=O)n1-c1ccccc1)NCCC1=CCCCC1. The van der Waals surface area contributed by atoms with Gasteiger partial charge in [0, 0.05) is 12.7 Å². The molecule has 0 saturated heterocycles. The second-order valence-electron chi connectivity index (χ2n) is 7.09. The van der Waals surface area contributed by atoms with Crippen molar-refractivity contribution in [3.8, 4) is 5.69 Å². The molecule has 0 bridgehead atoms. The molecule has 6 heteroatoms. The Morgan fingerprint density at radius 1 is 1.11 bits per heavy atom. The molecule has 0 atom stereocenters. The number of rotatable bonds is 6. The fourth-order valence-corrected chi connectivity index (χ4v) is 3.75. The quantitative estimate of drug-likeness (QED) is 0.672. The molecule has 0 spiro atoms. The first-order valence-corrected chi connectivity index (χ1v) is 9.80. The van der Waals surface area contributed by atoms with Crippen LogP contribution in [0.25, 0.3) is 16.7 Å². The van der Waals surface area contributed by atoms with E-state index in [1.165, 1.54) is 23.1 Å². The summed E-state index contributed by atoms with van der Waals surface area (Å²) in [6.45, 7) is 0.663. The molecule has 6 nitrogen and oxygen atoms in total. The summed E-state index contributed by atoms with van der Waals surface area (Å²) in [5.74, 6) is -0.122. The second-order valence-corrected chi connectivity index (χ2v) is 7.09. The van der Waals surface area contributed by atoms with E-state index in [-0.39, 0.29) is 18.0 Å². The average Bonchev–Trinajstić information content (AvgIpc) is 3.01. The van der Waals surface area contributed by atoms with Crippen LogP contribution in [0.15, 0.2) is 65.1 Å². The first-order valence-electron chi connectivity index (χ1n) is 9.80. The van der Waals surface area contributed by atoms with E-state index in [0.717, 1.165) is 19.3 Å². The van der Waals surface area contributed by atoms with Gasteiger partial charge in [0.15, 0.2) is 5.65 Å². The molecule has 4 rings (SSSR count). The van der Waals surface area contributed by atoms with Crippen LogP contribution in [0.2, 0.25) is 0 Å². The summed E-state index contributed by atoms with van der Waals surface area (Å²) in [7, 11) is 0. The number of para-hydroxylation sites is 1. The number of nitrogens with one attached hydrogen (secondary N) is 1. The molecule has 1 amide bonds. The molecule has 0 radical (unpaired) electrons. The minimum absolute atomic E-state index is 0.0453. The zero-order valence-corrected chi connectivity index (χ0v) is 15.8. The number of aromatic nitrogens is 3. The maximum Gasteiger partial charge on any atom is 0.280 e. The standard InChI is InChI=1S/C22H24N4O2/c27-20(23-15-13-17-8-3-1-4-9-17)16-25-21-19(12-7-14-24-21)22(28)26(25)18-10-5-2-6-11-18/h2,5-8,10-12,14H,1,3-4,9,13,15-16H2,(H,23,27). The van der Waals surface area contributed by atoms with Crippen molar-refractivity contribution >= 4 is 16.9 Å². The molecule has 0 saturated carbocycles. The molecule has 1 aliphatic rings. The fraction of sp³-hybridized carbons (Fsp3) is 0.318. The predicted octanol–water partition coefficient (Wildman–Crippen LogP) is 3.19. The third kappa shape index (κ3) is 3.76. The number of benzene rings is 1. The fourth-order valence-electron chi connectivity index (χ4n) is 3.75. The summed E-state index contributed by atoms with van der Waals surface area (Å²) in [5, 5.41) is 3.49. The summed E-state index contributed by atoms with van der Waals surface area (Å²) in [4.78, 5) is 29.9. The largest absolute Gasteiger partial charge is 0.354 e. The average molecular weight is 376 g/mol. The van der Waals surface area contributed by atoms with Crippen LogP contribution in [0.4, 0.5) is 0 Å². The van der Waals surface area contributed by atoms with E-state index < -0.39 is 0 Å². The molecule has 0 aliphatic heterocycles. The minimum Gasteiger partial charge on any atom is -0.354 e. The van der Waals surface area contributed by atoms with E-state index in [1.807, 2.05) is 30.3 Å². The van der Waals surface area contributed by atoms with Crippen LogP contribution in [-0.2, 0) is 11.3 Å². The van der Waals surface area contributed by atoms with Crippen LogP contribution in [0, 0.1) is 0 Å². The van der Waals surface area contributed by atoms with Gasteiger partial charge in [-0.1, -0.05) is 29.8 Å². The van der Waals surface area contributed by atoms with Gasteiger partial charge in [0.25, 0.3) is 5.56 Å². The number of fused-ring (bicyclic) bond motifs is 1. The predicted molar refractivity (Wildman–Crippen MR) is 110 cm³/mol. The first kappa shape index (κ1) is 18.2. The van der Waals surface area contributed by atoms with E-state index in [1.54, 1.807) is 23.0 Å². The summed E-state index contributed by atoms with van der Waals surface area (Å²) < 4.78 is 3.18. The minimum atomic E-state index is -0.172. The lowest BCUT2D eigenvalue weighted by atomic mass is 9.97. The third-order valence-electron chi connectivity index (χ3n) is 5.14. The molecule has 1 aromatic carbocycles. The normalized spacial score (nSPS) is 14.1. The molecule has 3 aromatic rings. The van der Waals surface area contributed by atoms with Crippen LogP contribution in [0.3, 0.4) is 0 Å². The summed E-state index contributed by atoms with van der Waals surface area (Å²) in [6, 6.07) is 12.8. The van der Waals surface area contributed by atoms with E-state index in [9.17, 15) is 9.59 Å². The van der Waals surface area contributed by atoms with Crippen molar-refractivity contribution in [1.29, 1.82) is 0 Å². The Balaban J connectivity index is 1.56. The Kier molecular flexibility index (Phi) is 5.37. The highest BCUT2D eigenvalue weighted by atomic mass is 16.2. The molecule has 2 heterocycles. The number of pyridine rings is 1. The van der Waals surface area contributed by atoms with E-state index in [2.05, 4.69) is 16.4 Å². The van der Waals surface area contributed by atoms with E-state index in [4.69, 9.17) is 0 Å². The highest BCUT2D eigenvalue weighted by Crippen LogP contribution is 2.19. The van der Waals surface area contributed by atoms with Crippen LogP contribution in [-0.4, -0.2) is 26.8 Å². The molecular formula is C22H24N4O2. The zero-order valence-electron chi connectivity index (χ0n) is 15.8. The van der Waals surface area contributed by atoms with Gasteiger partial charge in [0.2, 0.25) is 5.91 Å². The first-order chi connectivity index (χ1) is 13.7. The van der Waals surface area contributed by atoms with Crippen LogP contribution >= 0.6 is 0 Å². The molecule has 144 valence electrons. The Bertz CT molecular complexity index is 1060. The summed E-state index contributed by atoms with van der Waals surface area (Å²) >= 11 is 0. The second kappa shape index (κ2) is 8.25. The Morgan fingerprint density at radius 3 is 2.75 bits per heavy atom. The smallest absolute Gasteiger partial charge is 0.280 e. The monoisotopic (exact) mass is 376 g/mol. The topological polar surface area (TPSA) is 68.9 Å². The highest BCUT2D eigenvalue weighted by Gasteiger charge is 2.17. The zero-order chi connectivity index (χ0) is 19.3. The van der Waals surface area contributed by atoms with Crippen molar-refractivity contribution in [1.82, 2.24) is 19.7 Å². The van der Waals surface area contributed by atoms with Crippen molar-refractivity contribution in [2.24, 2.45) is 0 Å². The van der Waals surface area contributed by atoms with Crippen molar-refractivity contribution in [3.63, 3.8) is 0 Å². The molecule has 2 aromatic heterocycles. The van der Waals surface area contributed by atoms with E-state index in [0.29, 0.717) is 23.3 Å².